The third-order valence-electron chi connectivity index (χ3n) is 4.39. The number of ether oxygens (including phenoxy) is 1. The smallest absolute Gasteiger partial charge is 0.272 e. The number of hydrogen-bond acceptors (Lipinski definition) is 5. The van der Waals surface area contributed by atoms with Crippen LogP contribution in [0.1, 0.15) is 29.9 Å². The van der Waals surface area contributed by atoms with Crippen LogP contribution in [0.4, 0.5) is 0 Å². The van der Waals surface area contributed by atoms with E-state index in [0.29, 0.717) is 24.7 Å². The second-order valence-corrected chi connectivity index (χ2v) is 6.04. The van der Waals surface area contributed by atoms with Crippen molar-refractivity contribution in [1.29, 1.82) is 0 Å². The summed E-state index contributed by atoms with van der Waals surface area (Å²) in [7, 11) is 0. The molecule has 134 valence electrons. The van der Waals surface area contributed by atoms with Gasteiger partial charge < -0.3 is 9.64 Å². The summed E-state index contributed by atoms with van der Waals surface area (Å²) in [6, 6.07) is 5.75. The van der Waals surface area contributed by atoms with Crippen LogP contribution < -0.4 is 4.74 Å². The minimum Gasteiger partial charge on any atom is -0.478 e. The highest BCUT2D eigenvalue weighted by Crippen LogP contribution is 2.13. The van der Waals surface area contributed by atoms with E-state index >= 15 is 0 Å². The number of carbonyl (C=O) groups is 1. The molecular formula is C18H25N5O2. The minimum atomic E-state index is 0.0710. The van der Waals surface area contributed by atoms with Gasteiger partial charge in [-0.05, 0) is 25.5 Å². The Hall–Kier alpha value is -2.41. The first-order valence-corrected chi connectivity index (χ1v) is 8.82. The Bertz CT molecular complexity index is 690. The number of nitrogens with zero attached hydrogens (tertiary/aromatic N) is 5. The van der Waals surface area contributed by atoms with Crippen molar-refractivity contribution in [3.8, 4) is 5.88 Å². The van der Waals surface area contributed by atoms with E-state index in [4.69, 9.17) is 4.74 Å². The van der Waals surface area contributed by atoms with E-state index in [2.05, 4.69) is 21.0 Å². The second-order valence-electron chi connectivity index (χ2n) is 6.04. The zero-order chi connectivity index (χ0) is 17.6. The first-order valence-electron chi connectivity index (χ1n) is 8.82. The van der Waals surface area contributed by atoms with Crippen LogP contribution in [0.5, 0.6) is 5.88 Å². The van der Waals surface area contributed by atoms with E-state index in [9.17, 15) is 4.79 Å². The fourth-order valence-electron chi connectivity index (χ4n) is 3.03. The topological polar surface area (TPSA) is 63.5 Å². The van der Waals surface area contributed by atoms with Crippen LogP contribution in [0.25, 0.3) is 0 Å². The average molecular weight is 343 g/mol. The van der Waals surface area contributed by atoms with Gasteiger partial charge in [0.1, 0.15) is 5.69 Å². The molecule has 0 atom stereocenters. The number of carbonyl (C=O) groups excluding carboxylic acids is 1. The van der Waals surface area contributed by atoms with Crippen molar-refractivity contribution in [2.45, 2.75) is 26.9 Å². The zero-order valence-electron chi connectivity index (χ0n) is 14.9. The molecule has 0 aromatic carbocycles. The summed E-state index contributed by atoms with van der Waals surface area (Å²) in [5, 5.41) is 4.18. The molecule has 3 heterocycles. The Morgan fingerprint density at radius 3 is 2.60 bits per heavy atom. The van der Waals surface area contributed by atoms with Crippen molar-refractivity contribution in [3.63, 3.8) is 0 Å². The van der Waals surface area contributed by atoms with Crippen LogP contribution in [0.2, 0.25) is 0 Å². The zero-order valence-corrected chi connectivity index (χ0v) is 14.9. The lowest BCUT2D eigenvalue weighted by Crippen LogP contribution is -2.48. The Morgan fingerprint density at radius 1 is 1.16 bits per heavy atom. The summed E-state index contributed by atoms with van der Waals surface area (Å²) < 4.78 is 7.12. The van der Waals surface area contributed by atoms with Gasteiger partial charge in [-0.2, -0.15) is 5.10 Å². The maximum Gasteiger partial charge on any atom is 0.272 e. The van der Waals surface area contributed by atoms with E-state index in [0.717, 1.165) is 38.3 Å². The molecule has 1 amide bonds. The molecule has 0 unspecified atom stereocenters. The number of pyridine rings is 1. The van der Waals surface area contributed by atoms with Gasteiger partial charge >= 0.3 is 0 Å². The standard InChI is InChI=1S/C18H25N5O2/c1-3-23-16(7-8-20-23)18(24)22-11-9-21(10-12-22)14-15-5-6-17(19-13-15)25-4-2/h5-8,13H,3-4,9-12,14H2,1-2H3. The third kappa shape index (κ3) is 4.17. The van der Waals surface area contributed by atoms with Crippen molar-refractivity contribution in [1.82, 2.24) is 24.6 Å². The molecule has 3 rings (SSSR count). The summed E-state index contributed by atoms with van der Waals surface area (Å²) >= 11 is 0. The van der Waals surface area contributed by atoms with E-state index in [1.807, 2.05) is 31.0 Å². The highest BCUT2D eigenvalue weighted by atomic mass is 16.5. The van der Waals surface area contributed by atoms with E-state index < -0.39 is 0 Å². The fraction of sp³-hybridized carbons (Fsp3) is 0.500. The van der Waals surface area contributed by atoms with Gasteiger partial charge in [-0.15, -0.1) is 0 Å². The van der Waals surface area contributed by atoms with Gasteiger partial charge in [0.25, 0.3) is 5.91 Å². The van der Waals surface area contributed by atoms with Gasteiger partial charge in [-0.25, -0.2) is 4.98 Å². The van der Waals surface area contributed by atoms with Gasteiger partial charge in [-0.3, -0.25) is 14.4 Å². The van der Waals surface area contributed by atoms with Crippen molar-refractivity contribution in [2.24, 2.45) is 0 Å². The maximum absolute atomic E-state index is 12.6. The molecule has 0 N–H and O–H groups in total. The molecule has 0 bridgehead atoms. The number of amides is 1. The number of aromatic nitrogens is 3. The number of aryl methyl sites for hydroxylation is 1. The summed E-state index contributed by atoms with van der Waals surface area (Å²) in [4.78, 5) is 21.2. The molecule has 2 aromatic heterocycles. The SMILES string of the molecule is CCOc1ccc(CN2CCN(C(=O)c3ccnn3CC)CC2)cn1. The summed E-state index contributed by atoms with van der Waals surface area (Å²) in [6.07, 6.45) is 3.55. The van der Waals surface area contributed by atoms with Gasteiger partial charge in [0.05, 0.1) is 6.61 Å². The van der Waals surface area contributed by atoms with Gasteiger partial charge in [0.2, 0.25) is 5.88 Å². The molecule has 7 heteroatoms. The Morgan fingerprint density at radius 2 is 1.96 bits per heavy atom. The lowest BCUT2D eigenvalue weighted by Gasteiger charge is -2.34. The summed E-state index contributed by atoms with van der Waals surface area (Å²) in [5.41, 5.74) is 1.83. The molecule has 1 fully saturated rings. The van der Waals surface area contributed by atoms with Gasteiger partial charge in [-0.1, -0.05) is 6.07 Å². The largest absolute Gasteiger partial charge is 0.478 e. The van der Waals surface area contributed by atoms with E-state index in [1.54, 1.807) is 16.9 Å². The highest BCUT2D eigenvalue weighted by molar-refractivity contribution is 5.92. The van der Waals surface area contributed by atoms with Crippen molar-refractivity contribution in [3.05, 3.63) is 41.9 Å². The average Bonchev–Trinajstić information content (AvgIpc) is 3.12. The van der Waals surface area contributed by atoms with Crippen LogP contribution >= 0.6 is 0 Å². The number of rotatable bonds is 6. The molecule has 7 nitrogen and oxygen atoms in total. The Kier molecular flexibility index (Phi) is 5.65. The van der Waals surface area contributed by atoms with Crippen LogP contribution in [0.3, 0.4) is 0 Å². The highest BCUT2D eigenvalue weighted by Gasteiger charge is 2.24. The molecule has 1 saturated heterocycles. The van der Waals surface area contributed by atoms with Crippen LogP contribution in [0, 0.1) is 0 Å². The van der Waals surface area contributed by atoms with Crippen LogP contribution in [0.15, 0.2) is 30.6 Å². The first kappa shape index (κ1) is 17.4. The van der Waals surface area contributed by atoms with E-state index in [-0.39, 0.29) is 5.91 Å². The van der Waals surface area contributed by atoms with Gasteiger partial charge in [0.15, 0.2) is 0 Å². The monoisotopic (exact) mass is 343 g/mol. The number of hydrogen-bond donors (Lipinski definition) is 0. The van der Waals surface area contributed by atoms with Crippen molar-refractivity contribution >= 4 is 5.91 Å². The third-order valence-corrected chi connectivity index (χ3v) is 4.39. The second kappa shape index (κ2) is 8.11. The predicted molar refractivity (Wildman–Crippen MR) is 94.5 cm³/mol. The molecule has 25 heavy (non-hydrogen) atoms. The van der Waals surface area contributed by atoms with Gasteiger partial charge in [0, 0.05) is 57.7 Å². The molecule has 1 aliphatic rings. The number of piperazine rings is 1. The molecule has 0 spiro atoms. The normalized spacial score (nSPS) is 15.4. The lowest BCUT2D eigenvalue weighted by atomic mass is 10.2. The molecule has 0 aliphatic carbocycles. The summed E-state index contributed by atoms with van der Waals surface area (Å²) in [6.45, 7) is 9.30. The molecular weight excluding hydrogens is 318 g/mol. The first-order chi connectivity index (χ1) is 12.2. The predicted octanol–water partition coefficient (Wildman–Crippen LogP) is 1.65. The van der Waals surface area contributed by atoms with Crippen LogP contribution in [-0.2, 0) is 13.1 Å². The minimum absolute atomic E-state index is 0.0710. The van der Waals surface area contributed by atoms with Crippen molar-refractivity contribution in [2.75, 3.05) is 32.8 Å². The van der Waals surface area contributed by atoms with E-state index in [1.165, 1.54) is 0 Å². The quantitative estimate of drug-likeness (QED) is 0.798. The van der Waals surface area contributed by atoms with Crippen LogP contribution in [-0.4, -0.2) is 63.3 Å². The Labute approximate surface area is 148 Å². The molecule has 1 aliphatic heterocycles. The Balaban J connectivity index is 1.52. The lowest BCUT2D eigenvalue weighted by molar-refractivity contribution is 0.0616. The molecule has 2 aromatic rings. The maximum atomic E-state index is 12.6. The fourth-order valence-corrected chi connectivity index (χ4v) is 3.03. The summed E-state index contributed by atoms with van der Waals surface area (Å²) in [5.74, 6) is 0.732. The molecule has 0 saturated carbocycles. The molecule has 0 radical (unpaired) electrons. The van der Waals surface area contributed by atoms with Crippen molar-refractivity contribution < 1.29 is 9.53 Å².